The van der Waals surface area contributed by atoms with Gasteiger partial charge in [-0.05, 0) is 36.7 Å². The second-order valence-electron chi connectivity index (χ2n) is 4.09. The molecule has 0 spiro atoms. The van der Waals surface area contributed by atoms with Crippen LogP contribution in [0.3, 0.4) is 0 Å². The zero-order valence-electron chi connectivity index (χ0n) is 10.4. The summed E-state index contributed by atoms with van der Waals surface area (Å²) in [5.41, 5.74) is 2.59. The molecule has 0 bridgehead atoms. The predicted molar refractivity (Wildman–Crippen MR) is 70.3 cm³/mol. The van der Waals surface area contributed by atoms with Gasteiger partial charge in [0, 0.05) is 18.9 Å². The molecule has 4 nitrogen and oxygen atoms in total. The molecular formula is C14H16N4. The van der Waals surface area contributed by atoms with Gasteiger partial charge in [-0.25, -0.2) is 4.68 Å². The molecule has 1 N–H and O–H groups in total. The fraction of sp³-hybridized carbons (Fsp3) is 0.286. The number of nitrogens with one attached hydrogen (secondary N) is 1. The van der Waals surface area contributed by atoms with Gasteiger partial charge in [-0.15, -0.1) is 0 Å². The summed E-state index contributed by atoms with van der Waals surface area (Å²) in [7, 11) is 0. The molecule has 0 amide bonds. The van der Waals surface area contributed by atoms with E-state index in [2.05, 4.69) is 23.4 Å². The second kappa shape index (κ2) is 5.99. The van der Waals surface area contributed by atoms with Crippen molar-refractivity contribution in [2.45, 2.75) is 19.9 Å². The van der Waals surface area contributed by atoms with Gasteiger partial charge in [-0.2, -0.15) is 10.4 Å². The molecular weight excluding hydrogens is 224 g/mol. The van der Waals surface area contributed by atoms with Gasteiger partial charge < -0.3 is 5.32 Å². The van der Waals surface area contributed by atoms with Crippen molar-refractivity contribution in [3.63, 3.8) is 0 Å². The monoisotopic (exact) mass is 240 g/mol. The molecule has 0 saturated carbocycles. The van der Waals surface area contributed by atoms with Crippen molar-refractivity contribution in [2.24, 2.45) is 0 Å². The van der Waals surface area contributed by atoms with Crippen LogP contribution in [-0.4, -0.2) is 16.3 Å². The van der Waals surface area contributed by atoms with E-state index in [0.29, 0.717) is 5.56 Å². The van der Waals surface area contributed by atoms with Crippen molar-refractivity contribution in [1.82, 2.24) is 15.1 Å². The third-order valence-corrected chi connectivity index (χ3v) is 2.69. The Morgan fingerprint density at radius 2 is 2.33 bits per heavy atom. The third kappa shape index (κ3) is 2.76. The van der Waals surface area contributed by atoms with Crippen LogP contribution in [0.15, 0.2) is 36.7 Å². The van der Waals surface area contributed by atoms with E-state index in [-0.39, 0.29) is 0 Å². The Morgan fingerprint density at radius 3 is 3.00 bits per heavy atom. The minimum Gasteiger partial charge on any atom is -0.313 e. The largest absolute Gasteiger partial charge is 0.313 e. The van der Waals surface area contributed by atoms with Gasteiger partial charge in [0.1, 0.15) is 6.07 Å². The highest BCUT2D eigenvalue weighted by molar-refractivity contribution is 5.50. The normalized spacial score (nSPS) is 10.2. The molecule has 2 rings (SSSR count). The Kier molecular flexibility index (Phi) is 4.11. The van der Waals surface area contributed by atoms with Crippen LogP contribution in [-0.2, 0) is 6.54 Å². The average Bonchev–Trinajstić information content (AvgIpc) is 2.92. The number of hydrogen-bond acceptors (Lipinski definition) is 3. The SMILES string of the molecule is CCCNCc1ccc(-n2cccn2)c(C#N)c1. The Morgan fingerprint density at radius 1 is 1.44 bits per heavy atom. The summed E-state index contributed by atoms with van der Waals surface area (Å²) in [6.07, 6.45) is 4.65. The van der Waals surface area contributed by atoms with Crippen LogP contribution < -0.4 is 5.32 Å². The first-order chi connectivity index (χ1) is 8.85. The zero-order chi connectivity index (χ0) is 12.8. The van der Waals surface area contributed by atoms with Crippen LogP contribution in [0, 0.1) is 11.3 Å². The van der Waals surface area contributed by atoms with Gasteiger partial charge in [0.2, 0.25) is 0 Å². The minimum absolute atomic E-state index is 0.648. The van der Waals surface area contributed by atoms with E-state index in [9.17, 15) is 5.26 Å². The van der Waals surface area contributed by atoms with Crippen molar-refractivity contribution in [3.8, 4) is 11.8 Å². The summed E-state index contributed by atoms with van der Waals surface area (Å²) < 4.78 is 1.71. The lowest BCUT2D eigenvalue weighted by Gasteiger charge is -2.07. The van der Waals surface area contributed by atoms with Gasteiger partial charge in [0.25, 0.3) is 0 Å². The van der Waals surface area contributed by atoms with E-state index >= 15 is 0 Å². The lowest BCUT2D eigenvalue weighted by atomic mass is 10.1. The Bertz CT molecular complexity index is 537. The highest BCUT2D eigenvalue weighted by Gasteiger charge is 2.05. The summed E-state index contributed by atoms with van der Waals surface area (Å²) in [5.74, 6) is 0. The lowest BCUT2D eigenvalue weighted by molar-refractivity contribution is 0.675. The van der Waals surface area contributed by atoms with E-state index in [1.807, 2.05) is 30.5 Å². The highest BCUT2D eigenvalue weighted by Crippen LogP contribution is 2.15. The summed E-state index contributed by atoms with van der Waals surface area (Å²) >= 11 is 0. The first-order valence-corrected chi connectivity index (χ1v) is 6.09. The summed E-state index contributed by atoms with van der Waals surface area (Å²) in [5, 5.41) is 16.7. The lowest BCUT2D eigenvalue weighted by Crippen LogP contribution is -2.14. The summed E-state index contributed by atoms with van der Waals surface area (Å²) in [4.78, 5) is 0. The maximum absolute atomic E-state index is 9.20. The predicted octanol–water partition coefficient (Wildman–Crippen LogP) is 2.24. The summed E-state index contributed by atoms with van der Waals surface area (Å²) in [6, 6.07) is 9.95. The van der Waals surface area contributed by atoms with Crippen LogP contribution in [0.2, 0.25) is 0 Å². The molecule has 0 aliphatic carbocycles. The number of rotatable bonds is 5. The van der Waals surface area contributed by atoms with E-state index < -0.39 is 0 Å². The Hall–Kier alpha value is -2.12. The average molecular weight is 240 g/mol. The van der Waals surface area contributed by atoms with Crippen LogP contribution in [0.4, 0.5) is 0 Å². The molecule has 0 radical (unpaired) electrons. The number of nitriles is 1. The van der Waals surface area contributed by atoms with Crippen molar-refractivity contribution >= 4 is 0 Å². The van der Waals surface area contributed by atoms with Crippen LogP contribution in [0.25, 0.3) is 5.69 Å². The molecule has 0 fully saturated rings. The van der Waals surface area contributed by atoms with Crippen molar-refractivity contribution < 1.29 is 0 Å². The number of hydrogen-bond donors (Lipinski definition) is 1. The quantitative estimate of drug-likeness (QED) is 0.815. The Labute approximate surface area is 107 Å². The zero-order valence-corrected chi connectivity index (χ0v) is 10.4. The molecule has 0 aliphatic rings. The molecule has 1 heterocycles. The van der Waals surface area contributed by atoms with Gasteiger partial charge in [-0.3, -0.25) is 0 Å². The number of benzene rings is 1. The molecule has 2 aromatic rings. The fourth-order valence-electron chi connectivity index (χ4n) is 1.80. The Balaban J connectivity index is 2.22. The van der Waals surface area contributed by atoms with Crippen molar-refractivity contribution in [2.75, 3.05) is 6.54 Å². The van der Waals surface area contributed by atoms with Gasteiger partial charge >= 0.3 is 0 Å². The molecule has 4 heteroatoms. The smallest absolute Gasteiger partial charge is 0.101 e. The van der Waals surface area contributed by atoms with Gasteiger partial charge in [0.05, 0.1) is 11.3 Å². The highest BCUT2D eigenvalue weighted by atomic mass is 15.3. The molecule has 0 atom stereocenters. The first-order valence-electron chi connectivity index (χ1n) is 6.09. The molecule has 18 heavy (non-hydrogen) atoms. The van der Waals surface area contributed by atoms with Crippen molar-refractivity contribution in [1.29, 1.82) is 5.26 Å². The third-order valence-electron chi connectivity index (χ3n) is 2.69. The van der Waals surface area contributed by atoms with Crippen LogP contribution >= 0.6 is 0 Å². The second-order valence-corrected chi connectivity index (χ2v) is 4.09. The molecule has 1 aromatic carbocycles. The molecule has 0 unspecified atom stereocenters. The maximum atomic E-state index is 9.20. The van der Waals surface area contributed by atoms with E-state index in [4.69, 9.17) is 0 Å². The van der Waals surface area contributed by atoms with E-state index in [1.54, 1.807) is 10.9 Å². The minimum atomic E-state index is 0.648. The summed E-state index contributed by atoms with van der Waals surface area (Å²) in [6.45, 7) is 3.92. The standard InChI is InChI=1S/C14H16N4/c1-2-6-16-11-12-4-5-14(13(9-12)10-15)18-8-3-7-17-18/h3-5,7-9,16H,2,6,11H2,1H3. The molecule has 1 aromatic heterocycles. The van der Waals surface area contributed by atoms with Crippen LogP contribution in [0.5, 0.6) is 0 Å². The first kappa shape index (κ1) is 12.3. The van der Waals surface area contributed by atoms with E-state index in [0.717, 1.165) is 30.8 Å². The van der Waals surface area contributed by atoms with Gasteiger partial charge in [0.15, 0.2) is 0 Å². The van der Waals surface area contributed by atoms with Crippen LogP contribution in [0.1, 0.15) is 24.5 Å². The topological polar surface area (TPSA) is 53.6 Å². The van der Waals surface area contributed by atoms with E-state index in [1.165, 1.54) is 0 Å². The fourth-order valence-corrected chi connectivity index (χ4v) is 1.80. The number of aromatic nitrogens is 2. The maximum Gasteiger partial charge on any atom is 0.101 e. The van der Waals surface area contributed by atoms with Gasteiger partial charge in [-0.1, -0.05) is 13.0 Å². The number of nitrogens with zero attached hydrogens (tertiary/aromatic N) is 3. The van der Waals surface area contributed by atoms with Crippen molar-refractivity contribution in [3.05, 3.63) is 47.8 Å². The molecule has 0 aliphatic heterocycles. The molecule has 0 saturated heterocycles. The molecule has 92 valence electrons.